The van der Waals surface area contributed by atoms with Crippen LogP contribution in [-0.4, -0.2) is 16.0 Å². The number of fused-ring (bicyclic) bond motifs is 1. The highest BCUT2D eigenvalue weighted by atomic mass is 15.2. The number of aromatic nitrogens is 1. The standard InChI is InChI=1S/C25H30N2/c1-3-20-12-14-22(15-13-20)25-24-11-7-16-26(24)17-8-18-27(25)19-23-10-6-5-9-21(23)4-2/h5-7,9-16,25H,3-4,8,17-19H2,1-2H3/t25-/m0/s1. The molecule has 0 aliphatic carbocycles. The summed E-state index contributed by atoms with van der Waals surface area (Å²) < 4.78 is 2.45. The second kappa shape index (κ2) is 8.14. The maximum atomic E-state index is 2.67. The predicted molar refractivity (Wildman–Crippen MR) is 113 cm³/mol. The summed E-state index contributed by atoms with van der Waals surface area (Å²) >= 11 is 0. The summed E-state index contributed by atoms with van der Waals surface area (Å²) in [6.45, 7) is 7.72. The van der Waals surface area contributed by atoms with Gasteiger partial charge >= 0.3 is 0 Å². The van der Waals surface area contributed by atoms with E-state index in [-0.39, 0.29) is 0 Å². The van der Waals surface area contributed by atoms with Crippen molar-refractivity contribution in [2.75, 3.05) is 6.54 Å². The summed E-state index contributed by atoms with van der Waals surface area (Å²) in [6, 6.07) is 23.0. The van der Waals surface area contributed by atoms with Crippen molar-refractivity contribution in [2.45, 2.75) is 52.2 Å². The smallest absolute Gasteiger partial charge is 0.0759 e. The third kappa shape index (κ3) is 3.72. The molecule has 2 aromatic carbocycles. The molecule has 0 saturated heterocycles. The van der Waals surface area contributed by atoms with Crippen molar-refractivity contribution in [3.63, 3.8) is 0 Å². The van der Waals surface area contributed by atoms with Gasteiger partial charge in [0.25, 0.3) is 0 Å². The van der Waals surface area contributed by atoms with Crippen molar-refractivity contribution in [1.82, 2.24) is 9.47 Å². The van der Waals surface area contributed by atoms with Crippen LogP contribution >= 0.6 is 0 Å². The lowest BCUT2D eigenvalue weighted by atomic mass is 9.98. The van der Waals surface area contributed by atoms with Gasteiger partial charge < -0.3 is 4.57 Å². The summed E-state index contributed by atoms with van der Waals surface area (Å²) in [7, 11) is 0. The molecule has 4 rings (SSSR count). The number of nitrogens with zero attached hydrogens (tertiary/aromatic N) is 2. The molecule has 0 amide bonds. The van der Waals surface area contributed by atoms with Crippen LogP contribution < -0.4 is 0 Å². The van der Waals surface area contributed by atoms with Gasteiger partial charge in [-0.25, -0.2) is 0 Å². The van der Waals surface area contributed by atoms with Gasteiger partial charge in [0.1, 0.15) is 0 Å². The first kappa shape index (κ1) is 18.1. The van der Waals surface area contributed by atoms with E-state index in [4.69, 9.17) is 0 Å². The Balaban J connectivity index is 1.73. The highest BCUT2D eigenvalue weighted by Gasteiger charge is 2.27. The Labute approximate surface area is 163 Å². The molecule has 27 heavy (non-hydrogen) atoms. The number of benzene rings is 2. The predicted octanol–water partition coefficient (Wildman–Crippen LogP) is 5.61. The molecule has 1 aliphatic rings. The Morgan fingerprint density at radius 1 is 0.815 bits per heavy atom. The summed E-state index contributed by atoms with van der Waals surface area (Å²) in [5.41, 5.74) is 7.17. The fourth-order valence-electron chi connectivity index (χ4n) is 4.40. The van der Waals surface area contributed by atoms with Gasteiger partial charge in [0.2, 0.25) is 0 Å². The van der Waals surface area contributed by atoms with E-state index in [0.29, 0.717) is 6.04 Å². The van der Waals surface area contributed by atoms with E-state index in [1.807, 2.05) is 0 Å². The fraction of sp³-hybridized carbons (Fsp3) is 0.360. The van der Waals surface area contributed by atoms with E-state index in [2.05, 4.69) is 90.2 Å². The summed E-state index contributed by atoms with van der Waals surface area (Å²) in [4.78, 5) is 2.67. The topological polar surface area (TPSA) is 8.17 Å². The van der Waals surface area contributed by atoms with E-state index < -0.39 is 0 Å². The molecule has 1 aromatic heterocycles. The number of aryl methyl sites for hydroxylation is 3. The van der Waals surface area contributed by atoms with Crippen LogP contribution in [0.3, 0.4) is 0 Å². The monoisotopic (exact) mass is 358 g/mol. The van der Waals surface area contributed by atoms with Crippen LogP contribution in [0.5, 0.6) is 0 Å². The molecule has 0 bridgehead atoms. The zero-order chi connectivity index (χ0) is 18.6. The van der Waals surface area contributed by atoms with Gasteiger partial charge in [-0.1, -0.05) is 62.4 Å². The molecule has 140 valence electrons. The normalized spacial score (nSPS) is 17.5. The second-order valence-corrected chi connectivity index (χ2v) is 7.57. The first-order valence-corrected chi connectivity index (χ1v) is 10.3. The average molecular weight is 359 g/mol. The first-order valence-electron chi connectivity index (χ1n) is 10.3. The lowest BCUT2D eigenvalue weighted by molar-refractivity contribution is 0.220. The van der Waals surface area contributed by atoms with Gasteiger partial charge in [0.15, 0.2) is 0 Å². The molecular weight excluding hydrogens is 328 g/mol. The Bertz CT molecular complexity index is 875. The summed E-state index contributed by atoms with van der Waals surface area (Å²) in [5, 5.41) is 0. The van der Waals surface area contributed by atoms with Crippen molar-refractivity contribution >= 4 is 0 Å². The molecule has 0 unspecified atom stereocenters. The highest BCUT2D eigenvalue weighted by Crippen LogP contribution is 2.33. The molecule has 0 saturated carbocycles. The van der Waals surface area contributed by atoms with Crippen molar-refractivity contribution in [3.8, 4) is 0 Å². The largest absolute Gasteiger partial charge is 0.350 e. The number of hydrogen-bond donors (Lipinski definition) is 0. The Morgan fingerprint density at radius 3 is 2.33 bits per heavy atom. The maximum absolute atomic E-state index is 2.67. The third-order valence-electron chi connectivity index (χ3n) is 5.93. The van der Waals surface area contributed by atoms with Crippen molar-refractivity contribution in [3.05, 3.63) is 94.8 Å². The van der Waals surface area contributed by atoms with E-state index in [0.717, 1.165) is 32.5 Å². The SMILES string of the molecule is CCc1ccc([C@H]2c3cccn3CCCN2Cc2ccccc2CC)cc1. The molecule has 1 aliphatic heterocycles. The Kier molecular flexibility index (Phi) is 5.45. The Morgan fingerprint density at radius 2 is 1.59 bits per heavy atom. The first-order chi connectivity index (χ1) is 13.3. The van der Waals surface area contributed by atoms with Gasteiger partial charge in [0, 0.05) is 31.5 Å². The van der Waals surface area contributed by atoms with Crippen molar-refractivity contribution in [1.29, 1.82) is 0 Å². The van der Waals surface area contributed by atoms with Gasteiger partial charge in [-0.2, -0.15) is 0 Å². The van der Waals surface area contributed by atoms with E-state index in [1.165, 1.54) is 34.4 Å². The van der Waals surface area contributed by atoms with Crippen LogP contribution in [0.4, 0.5) is 0 Å². The van der Waals surface area contributed by atoms with Gasteiger partial charge in [-0.05, 0) is 53.6 Å². The van der Waals surface area contributed by atoms with Gasteiger partial charge in [-0.15, -0.1) is 0 Å². The molecule has 0 N–H and O–H groups in total. The summed E-state index contributed by atoms with van der Waals surface area (Å²) in [6.07, 6.45) is 5.62. The van der Waals surface area contributed by atoms with Gasteiger partial charge in [-0.3, -0.25) is 4.90 Å². The van der Waals surface area contributed by atoms with Crippen molar-refractivity contribution in [2.24, 2.45) is 0 Å². The fourth-order valence-corrected chi connectivity index (χ4v) is 4.40. The Hall–Kier alpha value is -2.32. The third-order valence-corrected chi connectivity index (χ3v) is 5.93. The van der Waals surface area contributed by atoms with E-state index in [9.17, 15) is 0 Å². The molecule has 3 aromatic rings. The van der Waals surface area contributed by atoms with E-state index in [1.54, 1.807) is 0 Å². The van der Waals surface area contributed by atoms with Crippen LogP contribution in [0, 0.1) is 0 Å². The molecule has 0 spiro atoms. The molecule has 2 nitrogen and oxygen atoms in total. The molecule has 2 heteroatoms. The minimum Gasteiger partial charge on any atom is -0.350 e. The van der Waals surface area contributed by atoms with Crippen LogP contribution in [0.2, 0.25) is 0 Å². The summed E-state index contributed by atoms with van der Waals surface area (Å²) in [5.74, 6) is 0. The van der Waals surface area contributed by atoms with Crippen molar-refractivity contribution < 1.29 is 0 Å². The average Bonchev–Trinajstić information content (AvgIpc) is 3.10. The van der Waals surface area contributed by atoms with Crippen LogP contribution in [-0.2, 0) is 25.9 Å². The number of rotatable bonds is 5. The quantitative estimate of drug-likeness (QED) is 0.576. The lowest BCUT2D eigenvalue weighted by Gasteiger charge is -2.31. The second-order valence-electron chi connectivity index (χ2n) is 7.57. The molecule has 0 radical (unpaired) electrons. The van der Waals surface area contributed by atoms with Crippen LogP contribution in [0.15, 0.2) is 66.9 Å². The molecule has 1 atom stereocenters. The zero-order valence-electron chi connectivity index (χ0n) is 16.6. The van der Waals surface area contributed by atoms with Crippen LogP contribution in [0.25, 0.3) is 0 Å². The minimum atomic E-state index is 0.318. The number of hydrogen-bond acceptors (Lipinski definition) is 1. The van der Waals surface area contributed by atoms with Gasteiger partial charge in [0.05, 0.1) is 6.04 Å². The van der Waals surface area contributed by atoms with E-state index >= 15 is 0 Å². The lowest BCUT2D eigenvalue weighted by Crippen LogP contribution is -2.30. The maximum Gasteiger partial charge on any atom is 0.0759 e. The zero-order valence-corrected chi connectivity index (χ0v) is 16.6. The van der Waals surface area contributed by atoms with Crippen LogP contribution in [0.1, 0.15) is 54.3 Å². The minimum absolute atomic E-state index is 0.318. The molecule has 0 fully saturated rings. The highest BCUT2D eigenvalue weighted by molar-refractivity contribution is 5.33. The molecule has 2 heterocycles. The molecular formula is C25H30N2.